The number of rotatable bonds is 5. The van der Waals surface area contributed by atoms with Crippen LogP contribution in [0.4, 0.5) is 8.78 Å². The van der Waals surface area contributed by atoms with E-state index in [1.807, 2.05) is 0 Å². The molecule has 0 heterocycles. The van der Waals surface area contributed by atoms with Gasteiger partial charge in [-0.05, 0) is 42.3 Å². The fraction of sp³-hybridized carbons (Fsp3) is 0.250. The van der Waals surface area contributed by atoms with Crippen molar-refractivity contribution in [2.24, 2.45) is 0 Å². The van der Waals surface area contributed by atoms with Gasteiger partial charge in [-0.2, -0.15) is 0 Å². The zero-order chi connectivity index (χ0) is 15.4. The van der Waals surface area contributed by atoms with Gasteiger partial charge < -0.3 is 5.11 Å². The van der Waals surface area contributed by atoms with E-state index in [0.29, 0.717) is 11.1 Å². The van der Waals surface area contributed by atoms with Crippen molar-refractivity contribution in [1.29, 1.82) is 0 Å². The number of hydrogen-bond donors (Lipinski definition) is 1. The van der Waals surface area contributed by atoms with Crippen LogP contribution in [-0.4, -0.2) is 21.2 Å². The Morgan fingerprint density at radius 2 is 1.33 bits per heavy atom. The topological polar surface area (TPSA) is 37.3 Å². The molecule has 0 aliphatic heterocycles. The lowest BCUT2D eigenvalue weighted by atomic mass is 10.0. The molecule has 2 rings (SSSR count). The smallest absolute Gasteiger partial charge is 0.123 e. The fourth-order valence-corrected chi connectivity index (χ4v) is 3.69. The standard InChI is InChI=1S/C16H16F2O2S/c1-11(19)10-21(20)16(12-2-6-14(17)7-3-12)13-4-8-15(18)9-5-13/h2-9,11,16,19H,10H2,1H3. The highest BCUT2D eigenvalue weighted by Gasteiger charge is 2.22. The monoisotopic (exact) mass is 310 g/mol. The molecular weight excluding hydrogens is 294 g/mol. The Morgan fingerprint density at radius 3 is 1.67 bits per heavy atom. The fourth-order valence-electron chi connectivity index (χ4n) is 2.11. The first-order valence-corrected chi connectivity index (χ1v) is 7.91. The van der Waals surface area contributed by atoms with E-state index in [9.17, 15) is 18.1 Å². The Bertz CT molecular complexity index is 564. The van der Waals surface area contributed by atoms with Crippen molar-refractivity contribution in [3.05, 3.63) is 71.3 Å². The maximum Gasteiger partial charge on any atom is 0.123 e. The van der Waals surface area contributed by atoms with Crippen molar-refractivity contribution in [1.82, 2.24) is 0 Å². The zero-order valence-corrected chi connectivity index (χ0v) is 12.3. The Kier molecular flexibility index (Phi) is 5.20. The van der Waals surface area contributed by atoms with Crippen molar-refractivity contribution < 1.29 is 18.1 Å². The number of benzene rings is 2. The van der Waals surface area contributed by atoms with Crippen LogP contribution < -0.4 is 0 Å². The van der Waals surface area contributed by atoms with Crippen LogP contribution in [-0.2, 0) is 10.8 Å². The molecule has 2 unspecified atom stereocenters. The molecule has 2 aromatic carbocycles. The SMILES string of the molecule is CC(O)CS(=O)C(c1ccc(F)cc1)c1ccc(F)cc1. The van der Waals surface area contributed by atoms with Crippen LogP contribution in [0.15, 0.2) is 48.5 Å². The lowest BCUT2D eigenvalue weighted by molar-refractivity contribution is 0.219. The summed E-state index contributed by atoms with van der Waals surface area (Å²) in [7, 11) is -1.40. The molecule has 21 heavy (non-hydrogen) atoms. The highest BCUT2D eigenvalue weighted by molar-refractivity contribution is 7.85. The number of halogens is 2. The first-order chi connectivity index (χ1) is 9.97. The summed E-state index contributed by atoms with van der Waals surface area (Å²) in [4.78, 5) is 0. The zero-order valence-electron chi connectivity index (χ0n) is 11.5. The van der Waals surface area contributed by atoms with Crippen molar-refractivity contribution >= 4 is 10.8 Å². The molecule has 0 aliphatic rings. The van der Waals surface area contributed by atoms with E-state index in [2.05, 4.69) is 0 Å². The molecule has 0 spiro atoms. The molecule has 0 aromatic heterocycles. The van der Waals surface area contributed by atoms with Gasteiger partial charge in [-0.25, -0.2) is 8.78 Å². The van der Waals surface area contributed by atoms with E-state index >= 15 is 0 Å². The minimum Gasteiger partial charge on any atom is -0.392 e. The molecular formula is C16H16F2O2S. The van der Waals surface area contributed by atoms with Crippen molar-refractivity contribution in [2.45, 2.75) is 18.3 Å². The summed E-state index contributed by atoms with van der Waals surface area (Å²) in [6, 6.07) is 11.4. The first-order valence-electron chi connectivity index (χ1n) is 6.53. The normalized spacial score (nSPS) is 14.1. The molecule has 0 aliphatic carbocycles. The predicted octanol–water partition coefficient (Wildman–Crippen LogP) is 3.18. The van der Waals surface area contributed by atoms with Gasteiger partial charge in [0.05, 0.1) is 17.1 Å². The molecule has 112 valence electrons. The van der Waals surface area contributed by atoms with E-state index in [1.54, 1.807) is 31.2 Å². The number of aliphatic hydroxyl groups is 1. The molecule has 0 fully saturated rings. The summed E-state index contributed by atoms with van der Waals surface area (Å²) in [5, 5.41) is 8.91. The van der Waals surface area contributed by atoms with Crippen LogP contribution in [0.5, 0.6) is 0 Å². The van der Waals surface area contributed by atoms with Gasteiger partial charge >= 0.3 is 0 Å². The van der Waals surface area contributed by atoms with Gasteiger partial charge in [0.2, 0.25) is 0 Å². The van der Waals surface area contributed by atoms with E-state index in [-0.39, 0.29) is 17.4 Å². The van der Waals surface area contributed by atoms with Gasteiger partial charge in [-0.1, -0.05) is 24.3 Å². The summed E-state index contributed by atoms with van der Waals surface area (Å²) in [5.74, 6) is -0.657. The Morgan fingerprint density at radius 1 is 0.952 bits per heavy atom. The maximum absolute atomic E-state index is 13.1. The van der Waals surface area contributed by atoms with Crippen LogP contribution in [0.1, 0.15) is 23.3 Å². The average Bonchev–Trinajstić information content (AvgIpc) is 2.42. The highest BCUT2D eigenvalue weighted by atomic mass is 32.2. The second kappa shape index (κ2) is 6.91. The molecule has 0 saturated carbocycles. The van der Waals surface area contributed by atoms with Gasteiger partial charge in [0.15, 0.2) is 0 Å². The second-order valence-electron chi connectivity index (χ2n) is 4.88. The second-order valence-corrected chi connectivity index (χ2v) is 6.45. The van der Waals surface area contributed by atoms with Crippen LogP contribution in [0.3, 0.4) is 0 Å². The van der Waals surface area contributed by atoms with E-state index < -0.39 is 22.2 Å². The molecule has 2 atom stereocenters. The van der Waals surface area contributed by atoms with E-state index in [0.717, 1.165) is 0 Å². The third-order valence-corrected chi connectivity index (χ3v) is 4.89. The Labute approximate surface area is 124 Å². The molecule has 0 radical (unpaired) electrons. The van der Waals surface area contributed by atoms with Crippen LogP contribution in [0.2, 0.25) is 0 Å². The minimum absolute atomic E-state index is 0.0966. The van der Waals surface area contributed by atoms with Gasteiger partial charge in [0, 0.05) is 10.8 Å². The van der Waals surface area contributed by atoms with Crippen LogP contribution >= 0.6 is 0 Å². The third-order valence-electron chi connectivity index (χ3n) is 3.01. The Hall–Kier alpha value is -1.59. The van der Waals surface area contributed by atoms with Gasteiger partial charge in [-0.15, -0.1) is 0 Å². The molecule has 0 amide bonds. The number of hydrogen-bond acceptors (Lipinski definition) is 2. The first kappa shape index (κ1) is 15.8. The van der Waals surface area contributed by atoms with Crippen molar-refractivity contribution in [2.75, 3.05) is 5.75 Å². The molecule has 0 bridgehead atoms. The summed E-state index contributed by atoms with van der Waals surface area (Å²) < 4.78 is 38.6. The summed E-state index contributed by atoms with van der Waals surface area (Å²) >= 11 is 0. The number of aliphatic hydroxyl groups excluding tert-OH is 1. The summed E-state index contributed by atoms with van der Waals surface area (Å²) in [6.45, 7) is 1.56. The van der Waals surface area contributed by atoms with Gasteiger partial charge in [0.25, 0.3) is 0 Å². The molecule has 2 nitrogen and oxygen atoms in total. The molecule has 1 N–H and O–H groups in total. The molecule has 0 saturated heterocycles. The highest BCUT2D eigenvalue weighted by Crippen LogP contribution is 2.29. The average molecular weight is 310 g/mol. The van der Waals surface area contributed by atoms with E-state index in [4.69, 9.17) is 0 Å². The quantitative estimate of drug-likeness (QED) is 0.921. The van der Waals surface area contributed by atoms with Crippen molar-refractivity contribution in [3.8, 4) is 0 Å². The van der Waals surface area contributed by atoms with Crippen molar-refractivity contribution in [3.63, 3.8) is 0 Å². The third kappa shape index (κ3) is 4.19. The summed E-state index contributed by atoms with van der Waals surface area (Å²) in [5.41, 5.74) is 1.34. The molecule has 2 aromatic rings. The van der Waals surface area contributed by atoms with Gasteiger partial charge in [0.1, 0.15) is 11.6 Å². The maximum atomic E-state index is 13.1. The Balaban J connectivity index is 2.40. The van der Waals surface area contributed by atoms with Gasteiger partial charge in [-0.3, -0.25) is 4.21 Å². The summed E-state index contributed by atoms with van der Waals surface area (Å²) in [6.07, 6.45) is -0.714. The van der Waals surface area contributed by atoms with E-state index in [1.165, 1.54) is 24.3 Å². The lowest BCUT2D eigenvalue weighted by Crippen LogP contribution is -2.19. The molecule has 5 heteroatoms. The largest absolute Gasteiger partial charge is 0.392 e. The van der Waals surface area contributed by atoms with Crippen LogP contribution in [0, 0.1) is 11.6 Å². The lowest BCUT2D eigenvalue weighted by Gasteiger charge is -2.18. The predicted molar refractivity (Wildman–Crippen MR) is 79.3 cm³/mol. The van der Waals surface area contributed by atoms with Crippen LogP contribution in [0.25, 0.3) is 0 Å². The minimum atomic E-state index is -1.40.